The molecule has 146 valence electrons. The Balaban J connectivity index is 1.56. The summed E-state index contributed by atoms with van der Waals surface area (Å²) in [6.45, 7) is 8.44. The van der Waals surface area contributed by atoms with Crippen LogP contribution in [-0.4, -0.2) is 22.6 Å². The number of nitrogens with zero attached hydrogens (tertiary/aromatic N) is 3. The summed E-state index contributed by atoms with van der Waals surface area (Å²) in [5, 5.41) is 0. The predicted molar refractivity (Wildman–Crippen MR) is 114 cm³/mol. The molecule has 0 spiro atoms. The Morgan fingerprint density at radius 1 is 1.29 bits per heavy atom. The molecular weight excluding hydrogens is 349 g/mol. The van der Waals surface area contributed by atoms with Crippen LogP contribution in [0.4, 0.5) is 10.1 Å². The number of halogens is 1. The number of rotatable bonds is 6. The largest absolute Gasteiger partial charge is 0.372 e. The summed E-state index contributed by atoms with van der Waals surface area (Å²) in [5.41, 5.74) is 5.37. The lowest BCUT2D eigenvalue weighted by Crippen LogP contribution is -2.27. The molecule has 1 aliphatic heterocycles. The van der Waals surface area contributed by atoms with Gasteiger partial charge in [0.25, 0.3) is 0 Å². The van der Waals surface area contributed by atoms with Crippen molar-refractivity contribution in [2.24, 2.45) is 5.92 Å². The van der Waals surface area contributed by atoms with E-state index in [9.17, 15) is 4.39 Å². The Morgan fingerprint density at radius 3 is 2.82 bits per heavy atom. The van der Waals surface area contributed by atoms with Gasteiger partial charge in [-0.15, -0.1) is 0 Å². The van der Waals surface area contributed by atoms with Crippen LogP contribution in [0.25, 0.3) is 5.57 Å². The van der Waals surface area contributed by atoms with Crippen molar-refractivity contribution in [3.05, 3.63) is 77.7 Å². The third-order valence-electron chi connectivity index (χ3n) is 5.98. The van der Waals surface area contributed by atoms with E-state index in [1.165, 1.54) is 11.3 Å². The normalized spacial score (nSPS) is 19.1. The summed E-state index contributed by atoms with van der Waals surface area (Å²) in [4.78, 5) is 6.73. The third-order valence-corrected chi connectivity index (χ3v) is 5.98. The molecule has 2 unspecified atom stereocenters. The second-order valence-electron chi connectivity index (χ2n) is 7.83. The van der Waals surface area contributed by atoms with Crippen LogP contribution in [0.2, 0.25) is 0 Å². The molecule has 4 heteroatoms. The first-order valence-electron chi connectivity index (χ1n) is 10.2. The van der Waals surface area contributed by atoms with Crippen molar-refractivity contribution in [3.8, 4) is 0 Å². The minimum atomic E-state index is -0.0774. The molecule has 2 heterocycles. The van der Waals surface area contributed by atoms with Crippen molar-refractivity contribution in [3.63, 3.8) is 0 Å². The van der Waals surface area contributed by atoms with E-state index in [-0.39, 0.29) is 11.9 Å². The van der Waals surface area contributed by atoms with Gasteiger partial charge < -0.3 is 9.47 Å². The fourth-order valence-electron chi connectivity index (χ4n) is 4.39. The van der Waals surface area contributed by atoms with Crippen molar-refractivity contribution >= 4 is 11.3 Å². The lowest BCUT2D eigenvalue weighted by molar-refractivity contribution is 0.379. The van der Waals surface area contributed by atoms with E-state index in [1.54, 1.807) is 6.08 Å². The molecule has 0 saturated heterocycles. The number of benzene rings is 1. The average Bonchev–Trinajstić information content (AvgIpc) is 3.22. The van der Waals surface area contributed by atoms with Crippen molar-refractivity contribution in [2.75, 3.05) is 18.0 Å². The second-order valence-corrected chi connectivity index (χ2v) is 7.83. The van der Waals surface area contributed by atoms with Crippen molar-refractivity contribution in [1.29, 1.82) is 0 Å². The summed E-state index contributed by atoms with van der Waals surface area (Å²) < 4.78 is 17.1. The maximum absolute atomic E-state index is 14.9. The summed E-state index contributed by atoms with van der Waals surface area (Å²) >= 11 is 0. The highest BCUT2D eigenvalue weighted by molar-refractivity contribution is 5.81. The first kappa shape index (κ1) is 18.7. The van der Waals surface area contributed by atoms with Gasteiger partial charge in [0.15, 0.2) is 0 Å². The van der Waals surface area contributed by atoms with Gasteiger partial charge in [0.05, 0.1) is 24.3 Å². The Morgan fingerprint density at radius 2 is 2.07 bits per heavy atom. The fourth-order valence-corrected chi connectivity index (χ4v) is 4.39. The van der Waals surface area contributed by atoms with E-state index in [2.05, 4.69) is 65.6 Å². The Labute approximate surface area is 166 Å². The van der Waals surface area contributed by atoms with Gasteiger partial charge in [0, 0.05) is 29.9 Å². The summed E-state index contributed by atoms with van der Waals surface area (Å²) in [6, 6.07) is 8.69. The molecule has 4 rings (SSSR count). The van der Waals surface area contributed by atoms with E-state index in [0.717, 1.165) is 36.4 Å². The quantitative estimate of drug-likeness (QED) is 0.628. The molecule has 28 heavy (non-hydrogen) atoms. The number of hydrogen-bond acceptors (Lipinski definition) is 2. The minimum absolute atomic E-state index is 0.00299. The molecule has 0 fully saturated rings. The smallest absolute Gasteiger partial charge is 0.125 e. The number of allylic oxidation sites excluding steroid dienone is 6. The lowest BCUT2D eigenvalue weighted by atomic mass is 9.90. The monoisotopic (exact) mass is 377 g/mol. The number of imidazole rings is 1. The molecule has 0 amide bonds. The number of hydrogen-bond donors (Lipinski definition) is 0. The van der Waals surface area contributed by atoms with Gasteiger partial charge in [-0.3, -0.25) is 0 Å². The van der Waals surface area contributed by atoms with Gasteiger partial charge in [-0.1, -0.05) is 36.8 Å². The van der Waals surface area contributed by atoms with E-state index in [0.29, 0.717) is 12.3 Å². The van der Waals surface area contributed by atoms with Crippen LogP contribution < -0.4 is 4.90 Å². The predicted octanol–water partition coefficient (Wildman–Crippen LogP) is 5.87. The minimum Gasteiger partial charge on any atom is -0.372 e. The summed E-state index contributed by atoms with van der Waals surface area (Å²) in [7, 11) is 0. The Bertz CT molecular complexity index is 933. The van der Waals surface area contributed by atoms with E-state index in [4.69, 9.17) is 0 Å². The highest BCUT2D eigenvalue weighted by Gasteiger charge is 2.36. The Kier molecular flexibility index (Phi) is 5.21. The van der Waals surface area contributed by atoms with E-state index >= 15 is 0 Å². The molecule has 2 aromatic rings. The zero-order chi connectivity index (χ0) is 19.7. The standard InChI is InChI=1S/C24H28FN3/c1-4-27(19-11-9-17(2)10-12-19)14-13-18(3)24-23-20(7-5-6-8-21(23)25)22-15-26-16-28(22)24/h5,7-12,15-16,18,24H,4,6,13-14H2,1-3H3. The van der Waals surface area contributed by atoms with Crippen molar-refractivity contribution < 1.29 is 4.39 Å². The molecule has 1 aromatic heterocycles. The van der Waals surface area contributed by atoms with Gasteiger partial charge >= 0.3 is 0 Å². The molecule has 0 bridgehead atoms. The molecule has 1 aromatic carbocycles. The number of aryl methyl sites for hydroxylation is 1. The van der Waals surface area contributed by atoms with Crippen LogP contribution in [0.5, 0.6) is 0 Å². The molecule has 1 aliphatic carbocycles. The number of fused-ring (bicyclic) bond motifs is 2. The van der Waals surface area contributed by atoms with Gasteiger partial charge in [-0.25, -0.2) is 9.37 Å². The van der Waals surface area contributed by atoms with E-state index in [1.807, 2.05) is 18.6 Å². The fraction of sp³-hybridized carbons (Fsp3) is 0.375. The van der Waals surface area contributed by atoms with Crippen LogP contribution in [0, 0.1) is 12.8 Å². The maximum Gasteiger partial charge on any atom is 0.125 e. The van der Waals surface area contributed by atoms with Gasteiger partial charge in [-0.2, -0.15) is 0 Å². The zero-order valence-electron chi connectivity index (χ0n) is 16.9. The molecule has 0 saturated carbocycles. The Hall–Kier alpha value is -2.62. The molecule has 2 aliphatic rings. The van der Waals surface area contributed by atoms with Crippen LogP contribution in [0.1, 0.15) is 44.0 Å². The lowest BCUT2D eigenvalue weighted by Gasteiger charge is -2.29. The highest BCUT2D eigenvalue weighted by Crippen LogP contribution is 2.46. The SMILES string of the molecule is CCN(CCC(C)C1C2=C(C=CCC=C2F)c2cncn21)c1ccc(C)cc1. The number of anilines is 1. The van der Waals surface area contributed by atoms with E-state index < -0.39 is 0 Å². The zero-order valence-corrected chi connectivity index (χ0v) is 16.9. The molecule has 0 radical (unpaired) electrons. The van der Waals surface area contributed by atoms with Crippen LogP contribution in [0.15, 0.2) is 66.4 Å². The second kappa shape index (κ2) is 7.78. The summed E-state index contributed by atoms with van der Waals surface area (Å²) in [5.74, 6) is 0.219. The highest BCUT2D eigenvalue weighted by atomic mass is 19.1. The van der Waals surface area contributed by atoms with Crippen LogP contribution in [0.3, 0.4) is 0 Å². The topological polar surface area (TPSA) is 21.1 Å². The van der Waals surface area contributed by atoms with Crippen molar-refractivity contribution in [2.45, 2.75) is 39.7 Å². The van der Waals surface area contributed by atoms with Crippen LogP contribution >= 0.6 is 0 Å². The van der Waals surface area contributed by atoms with Crippen molar-refractivity contribution in [1.82, 2.24) is 9.55 Å². The molecule has 3 nitrogen and oxygen atoms in total. The molecular formula is C24H28FN3. The summed E-state index contributed by atoms with van der Waals surface area (Å²) in [6.07, 6.45) is 11.1. The van der Waals surface area contributed by atoms with Gasteiger partial charge in [-0.05, 0) is 50.8 Å². The molecule has 2 atom stereocenters. The first-order chi connectivity index (χ1) is 13.6. The number of aromatic nitrogens is 2. The van der Waals surface area contributed by atoms with Crippen LogP contribution in [-0.2, 0) is 0 Å². The molecule has 0 N–H and O–H groups in total. The van der Waals surface area contributed by atoms with Gasteiger partial charge in [0.2, 0.25) is 0 Å². The third kappa shape index (κ3) is 3.32. The average molecular weight is 378 g/mol. The van der Waals surface area contributed by atoms with Gasteiger partial charge in [0.1, 0.15) is 5.83 Å². The first-order valence-corrected chi connectivity index (χ1v) is 10.2. The maximum atomic E-state index is 14.9.